The predicted molar refractivity (Wildman–Crippen MR) is 109 cm³/mol. The number of nitriles is 1. The van der Waals surface area contributed by atoms with Crippen LogP contribution in [0.2, 0.25) is 0 Å². The monoisotopic (exact) mass is 392 g/mol. The molecule has 1 saturated heterocycles. The third-order valence-electron chi connectivity index (χ3n) is 4.94. The molecule has 0 bridgehead atoms. The summed E-state index contributed by atoms with van der Waals surface area (Å²) < 4.78 is 19.2. The van der Waals surface area contributed by atoms with Gasteiger partial charge in [-0.15, -0.1) is 0 Å². The molecule has 1 aliphatic heterocycles. The summed E-state index contributed by atoms with van der Waals surface area (Å²) in [7, 11) is 0. The third-order valence-corrected chi connectivity index (χ3v) is 4.94. The molecule has 1 fully saturated rings. The highest BCUT2D eigenvalue weighted by atomic mass is 16.7. The zero-order valence-corrected chi connectivity index (χ0v) is 16.4. The van der Waals surface area contributed by atoms with Gasteiger partial charge in [0.1, 0.15) is 17.1 Å². The first kappa shape index (κ1) is 19.2. The molecular weight excluding hydrogens is 368 g/mol. The standard InChI is InChI=1S/C22H24N4O3/c1-2-28-22(17-6-4-3-5-7-17)29-20-10-19(24-12-16-8-9-27-15-16)14-26-21(20)18(11-23)13-25-26/h3-7,10,13-14,16,22,24H,2,8-9,12,15H2,1H3. The second-order valence-corrected chi connectivity index (χ2v) is 6.98. The first-order valence-corrected chi connectivity index (χ1v) is 9.84. The molecule has 7 nitrogen and oxygen atoms in total. The summed E-state index contributed by atoms with van der Waals surface area (Å²) in [6.45, 7) is 4.83. The fourth-order valence-corrected chi connectivity index (χ4v) is 3.43. The number of pyridine rings is 1. The van der Waals surface area contributed by atoms with Gasteiger partial charge in [-0.25, -0.2) is 4.52 Å². The van der Waals surface area contributed by atoms with Crippen molar-refractivity contribution in [3.05, 3.63) is 59.9 Å². The second kappa shape index (κ2) is 8.95. The van der Waals surface area contributed by atoms with Gasteiger partial charge in [-0.05, 0) is 13.3 Å². The molecule has 1 N–H and O–H groups in total. The van der Waals surface area contributed by atoms with Gasteiger partial charge in [0.2, 0.25) is 6.29 Å². The van der Waals surface area contributed by atoms with E-state index in [1.807, 2.05) is 49.5 Å². The Labute approximate surface area is 169 Å². The Morgan fingerprint density at radius 3 is 2.97 bits per heavy atom. The highest BCUT2D eigenvalue weighted by Crippen LogP contribution is 2.32. The number of ether oxygens (including phenoxy) is 3. The Balaban J connectivity index is 1.66. The number of nitrogens with zero attached hydrogens (tertiary/aromatic N) is 3. The summed E-state index contributed by atoms with van der Waals surface area (Å²) in [4.78, 5) is 0. The lowest BCUT2D eigenvalue weighted by molar-refractivity contribution is -0.0779. The molecule has 0 saturated carbocycles. The molecule has 2 aromatic heterocycles. The molecule has 3 heterocycles. The van der Waals surface area contributed by atoms with Gasteiger partial charge in [0, 0.05) is 37.3 Å². The van der Waals surface area contributed by atoms with Crippen molar-refractivity contribution in [3.8, 4) is 11.8 Å². The highest BCUT2D eigenvalue weighted by Gasteiger charge is 2.20. The van der Waals surface area contributed by atoms with Crippen LogP contribution in [0.3, 0.4) is 0 Å². The lowest BCUT2D eigenvalue weighted by Crippen LogP contribution is -2.15. The maximum absolute atomic E-state index is 9.50. The molecule has 3 aromatic rings. The normalized spacial score (nSPS) is 17.2. The molecule has 2 atom stereocenters. The molecule has 29 heavy (non-hydrogen) atoms. The van der Waals surface area contributed by atoms with Crippen LogP contribution in [0.25, 0.3) is 5.52 Å². The molecule has 4 rings (SSSR count). The Kier molecular flexibility index (Phi) is 5.94. The summed E-state index contributed by atoms with van der Waals surface area (Å²) in [6.07, 6.45) is 3.90. The molecular formula is C22H24N4O3. The maximum Gasteiger partial charge on any atom is 0.226 e. The molecule has 2 unspecified atom stereocenters. The van der Waals surface area contributed by atoms with E-state index in [4.69, 9.17) is 14.2 Å². The molecule has 0 radical (unpaired) electrons. The zero-order chi connectivity index (χ0) is 20.1. The topological polar surface area (TPSA) is 80.8 Å². The van der Waals surface area contributed by atoms with Crippen LogP contribution in [0.15, 0.2) is 48.8 Å². The minimum Gasteiger partial charge on any atom is -0.458 e. The van der Waals surface area contributed by atoms with Crippen molar-refractivity contribution in [1.29, 1.82) is 5.26 Å². The van der Waals surface area contributed by atoms with Crippen molar-refractivity contribution >= 4 is 11.2 Å². The lowest BCUT2D eigenvalue weighted by Gasteiger charge is -2.21. The average Bonchev–Trinajstić information content (AvgIpc) is 3.42. The van der Waals surface area contributed by atoms with E-state index >= 15 is 0 Å². The molecule has 150 valence electrons. The van der Waals surface area contributed by atoms with E-state index in [9.17, 15) is 5.26 Å². The fraction of sp³-hybridized carbons (Fsp3) is 0.364. The van der Waals surface area contributed by atoms with Crippen molar-refractivity contribution in [2.75, 3.05) is 31.7 Å². The number of hydrogen-bond acceptors (Lipinski definition) is 6. The summed E-state index contributed by atoms with van der Waals surface area (Å²) in [6, 6.07) is 13.9. The van der Waals surface area contributed by atoms with Crippen LogP contribution in [0.1, 0.15) is 30.8 Å². The maximum atomic E-state index is 9.50. The number of fused-ring (bicyclic) bond motifs is 1. The van der Waals surface area contributed by atoms with Crippen LogP contribution in [-0.2, 0) is 9.47 Å². The summed E-state index contributed by atoms with van der Waals surface area (Å²) >= 11 is 0. The minimum absolute atomic E-state index is 0.457. The zero-order valence-electron chi connectivity index (χ0n) is 16.4. The average molecular weight is 392 g/mol. The third kappa shape index (κ3) is 4.34. The van der Waals surface area contributed by atoms with E-state index in [0.29, 0.717) is 29.4 Å². The first-order valence-electron chi connectivity index (χ1n) is 9.84. The van der Waals surface area contributed by atoms with E-state index in [2.05, 4.69) is 16.5 Å². The molecule has 1 aromatic carbocycles. The van der Waals surface area contributed by atoms with Gasteiger partial charge in [0.05, 0.1) is 24.7 Å². The molecule has 0 aliphatic carbocycles. The summed E-state index contributed by atoms with van der Waals surface area (Å²) in [5, 5.41) is 17.3. The predicted octanol–water partition coefficient (Wildman–Crippen LogP) is 3.77. The number of aromatic nitrogens is 2. The van der Waals surface area contributed by atoms with E-state index in [1.165, 1.54) is 0 Å². The van der Waals surface area contributed by atoms with E-state index < -0.39 is 6.29 Å². The first-order chi connectivity index (χ1) is 14.3. The molecule has 7 heteroatoms. The number of benzene rings is 1. The van der Waals surface area contributed by atoms with Gasteiger partial charge in [0.25, 0.3) is 0 Å². The van der Waals surface area contributed by atoms with Crippen molar-refractivity contribution < 1.29 is 14.2 Å². The van der Waals surface area contributed by atoms with Crippen LogP contribution in [0.4, 0.5) is 5.69 Å². The van der Waals surface area contributed by atoms with Gasteiger partial charge in [-0.2, -0.15) is 10.4 Å². The smallest absolute Gasteiger partial charge is 0.226 e. The number of nitrogens with one attached hydrogen (secondary N) is 1. The van der Waals surface area contributed by atoms with Gasteiger partial charge >= 0.3 is 0 Å². The van der Waals surface area contributed by atoms with Crippen LogP contribution in [0.5, 0.6) is 5.75 Å². The summed E-state index contributed by atoms with van der Waals surface area (Å²) in [5.74, 6) is 1.04. The molecule has 1 aliphatic rings. The second-order valence-electron chi connectivity index (χ2n) is 6.98. The van der Waals surface area contributed by atoms with E-state index in [1.54, 1.807) is 10.7 Å². The lowest BCUT2D eigenvalue weighted by atomic mass is 10.1. The van der Waals surface area contributed by atoms with E-state index in [0.717, 1.165) is 37.4 Å². The van der Waals surface area contributed by atoms with Crippen LogP contribution in [-0.4, -0.2) is 36.0 Å². The van der Waals surface area contributed by atoms with E-state index in [-0.39, 0.29) is 0 Å². The van der Waals surface area contributed by atoms with Crippen molar-refractivity contribution in [2.45, 2.75) is 19.6 Å². The number of hydrogen-bond donors (Lipinski definition) is 1. The van der Waals surface area contributed by atoms with Crippen molar-refractivity contribution in [3.63, 3.8) is 0 Å². The van der Waals surface area contributed by atoms with Gasteiger partial charge < -0.3 is 19.5 Å². The Hall–Kier alpha value is -3.08. The Morgan fingerprint density at radius 1 is 1.38 bits per heavy atom. The van der Waals surface area contributed by atoms with Crippen LogP contribution in [0, 0.1) is 17.2 Å². The SMILES string of the molecule is CCOC(Oc1cc(NCC2CCOC2)cn2ncc(C#N)c12)c1ccccc1. The largest absolute Gasteiger partial charge is 0.458 e. The van der Waals surface area contributed by atoms with Gasteiger partial charge in [-0.1, -0.05) is 30.3 Å². The highest BCUT2D eigenvalue weighted by molar-refractivity contribution is 5.72. The Bertz CT molecular complexity index is 990. The van der Waals surface area contributed by atoms with Gasteiger partial charge in [-0.3, -0.25) is 0 Å². The summed E-state index contributed by atoms with van der Waals surface area (Å²) in [5.41, 5.74) is 2.87. The number of anilines is 1. The van der Waals surface area contributed by atoms with Gasteiger partial charge in [0.15, 0.2) is 5.75 Å². The molecule has 0 amide bonds. The quantitative estimate of drug-likeness (QED) is 0.588. The van der Waals surface area contributed by atoms with Crippen LogP contribution < -0.4 is 10.1 Å². The van der Waals surface area contributed by atoms with Crippen LogP contribution >= 0.6 is 0 Å². The van der Waals surface area contributed by atoms with Crippen molar-refractivity contribution in [1.82, 2.24) is 9.61 Å². The molecule has 0 spiro atoms. The number of rotatable bonds is 8. The Morgan fingerprint density at radius 2 is 2.24 bits per heavy atom. The minimum atomic E-state index is -0.579. The fourth-order valence-electron chi connectivity index (χ4n) is 3.43. The van der Waals surface area contributed by atoms with Crippen molar-refractivity contribution in [2.24, 2.45) is 5.92 Å².